The van der Waals surface area contributed by atoms with Crippen LogP contribution in [0.4, 0.5) is 4.39 Å². The number of rotatable bonds is 5. The molecule has 1 N–H and O–H groups in total. The van der Waals surface area contributed by atoms with Crippen LogP contribution in [0.5, 0.6) is 0 Å². The van der Waals surface area contributed by atoms with E-state index in [0.29, 0.717) is 5.56 Å². The summed E-state index contributed by atoms with van der Waals surface area (Å²) in [5, 5.41) is 8.79. The van der Waals surface area contributed by atoms with Crippen molar-refractivity contribution in [3.05, 3.63) is 34.1 Å². The second-order valence-corrected chi connectivity index (χ2v) is 5.36. The lowest BCUT2D eigenvalue weighted by molar-refractivity contribution is -0.137. The SMILES string of the molecule is Cc1cc(C(=O)N(CCC(=O)O)C2CC2)c(Cl)cc1F. The van der Waals surface area contributed by atoms with Crippen molar-refractivity contribution >= 4 is 23.5 Å². The van der Waals surface area contributed by atoms with E-state index in [0.717, 1.165) is 18.9 Å². The highest BCUT2D eigenvalue weighted by molar-refractivity contribution is 6.33. The third-order valence-electron chi connectivity index (χ3n) is 3.29. The van der Waals surface area contributed by atoms with Crippen LogP contribution >= 0.6 is 11.6 Å². The van der Waals surface area contributed by atoms with E-state index < -0.39 is 11.8 Å². The minimum Gasteiger partial charge on any atom is -0.481 e. The molecule has 0 heterocycles. The van der Waals surface area contributed by atoms with Gasteiger partial charge in [-0.3, -0.25) is 9.59 Å². The Kier molecular flexibility index (Phi) is 4.28. The molecule has 1 aliphatic rings. The molecule has 1 aliphatic carbocycles. The number of carbonyl (C=O) groups is 2. The van der Waals surface area contributed by atoms with E-state index in [-0.39, 0.29) is 35.5 Å². The Balaban J connectivity index is 2.23. The molecule has 0 aromatic heterocycles. The molecule has 0 bridgehead atoms. The first-order valence-corrected chi connectivity index (χ1v) is 6.76. The predicted octanol–water partition coefficient (Wildman–Crippen LogP) is 2.87. The van der Waals surface area contributed by atoms with E-state index in [2.05, 4.69) is 0 Å². The maximum Gasteiger partial charge on any atom is 0.305 e. The molecule has 20 heavy (non-hydrogen) atoms. The summed E-state index contributed by atoms with van der Waals surface area (Å²) in [6.45, 7) is 1.70. The van der Waals surface area contributed by atoms with Crippen LogP contribution in [0, 0.1) is 12.7 Å². The van der Waals surface area contributed by atoms with E-state index in [1.807, 2.05) is 0 Å². The Morgan fingerprint density at radius 2 is 2.10 bits per heavy atom. The van der Waals surface area contributed by atoms with E-state index in [4.69, 9.17) is 16.7 Å². The topological polar surface area (TPSA) is 57.6 Å². The van der Waals surface area contributed by atoms with Gasteiger partial charge in [0, 0.05) is 12.6 Å². The van der Waals surface area contributed by atoms with Gasteiger partial charge in [0.05, 0.1) is 17.0 Å². The highest BCUT2D eigenvalue weighted by Crippen LogP contribution is 2.30. The Morgan fingerprint density at radius 1 is 1.45 bits per heavy atom. The smallest absolute Gasteiger partial charge is 0.305 e. The number of halogens is 2. The molecule has 0 atom stereocenters. The van der Waals surface area contributed by atoms with Gasteiger partial charge in [0.25, 0.3) is 5.91 Å². The van der Waals surface area contributed by atoms with Gasteiger partial charge in [-0.2, -0.15) is 0 Å². The maximum absolute atomic E-state index is 13.4. The van der Waals surface area contributed by atoms with Gasteiger partial charge in [-0.15, -0.1) is 0 Å². The summed E-state index contributed by atoms with van der Waals surface area (Å²) in [6.07, 6.45) is 1.62. The van der Waals surface area contributed by atoms with Gasteiger partial charge >= 0.3 is 5.97 Å². The fourth-order valence-corrected chi connectivity index (χ4v) is 2.26. The molecular weight excluding hydrogens is 285 g/mol. The van der Waals surface area contributed by atoms with Crippen LogP contribution in [0.3, 0.4) is 0 Å². The van der Waals surface area contributed by atoms with Gasteiger partial charge in [0.2, 0.25) is 0 Å². The zero-order valence-corrected chi connectivity index (χ0v) is 11.8. The zero-order chi connectivity index (χ0) is 14.9. The molecule has 0 spiro atoms. The van der Waals surface area contributed by atoms with Crippen molar-refractivity contribution in [3.8, 4) is 0 Å². The second-order valence-electron chi connectivity index (χ2n) is 4.95. The normalized spacial score (nSPS) is 14.2. The minimum absolute atomic E-state index is 0.0547. The van der Waals surface area contributed by atoms with Crippen LogP contribution in [0.15, 0.2) is 12.1 Å². The number of aryl methyl sites for hydroxylation is 1. The van der Waals surface area contributed by atoms with Gasteiger partial charge in [-0.05, 0) is 37.5 Å². The zero-order valence-electron chi connectivity index (χ0n) is 11.0. The van der Waals surface area contributed by atoms with Gasteiger partial charge in [-0.1, -0.05) is 11.6 Å². The van der Waals surface area contributed by atoms with Crippen LogP contribution in [-0.2, 0) is 4.79 Å². The summed E-state index contributed by atoms with van der Waals surface area (Å²) in [5.74, 6) is -1.75. The number of hydrogen-bond donors (Lipinski definition) is 1. The summed E-state index contributed by atoms with van der Waals surface area (Å²) >= 11 is 5.92. The van der Waals surface area contributed by atoms with E-state index in [1.165, 1.54) is 11.0 Å². The Hall–Kier alpha value is -1.62. The quantitative estimate of drug-likeness (QED) is 0.909. The summed E-state index contributed by atoms with van der Waals surface area (Å²) < 4.78 is 13.4. The number of amides is 1. The molecule has 0 saturated heterocycles. The summed E-state index contributed by atoms with van der Waals surface area (Å²) in [4.78, 5) is 24.6. The van der Waals surface area contributed by atoms with Crippen molar-refractivity contribution in [1.29, 1.82) is 0 Å². The summed E-state index contributed by atoms with van der Waals surface area (Å²) in [6, 6.07) is 2.60. The third kappa shape index (κ3) is 3.28. The lowest BCUT2D eigenvalue weighted by atomic mass is 10.1. The fourth-order valence-electron chi connectivity index (χ4n) is 2.03. The van der Waals surface area contributed by atoms with Crippen molar-refractivity contribution in [2.24, 2.45) is 0 Å². The summed E-state index contributed by atoms with van der Waals surface area (Å²) in [7, 11) is 0. The fraction of sp³-hybridized carbons (Fsp3) is 0.429. The minimum atomic E-state index is -0.954. The molecule has 4 nitrogen and oxygen atoms in total. The molecule has 1 fully saturated rings. The summed E-state index contributed by atoms with van der Waals surface area (Å²) in [5.41, 5.74) is 0.564. The Morgan fingerprint density at radius 3 is 2.65 bits per heavy atom. The van der Waals surface area contributed by atoms with Gasteiger partial charge in [-0.25, -0.2) is 4.39 Å². The van der Waals surface area contributed by atoms with Crippen LogP contribution in [0.1, 0.15) is 35.2 Å². The number of carboxylic acids is 1. The van der Waals surface area contributed by atoms with Gasteiger partial charge in [0.1, 0.15) is 5.82 Å². The van der Waals surface area contributed by atoms with E-state index >= 15 is 0 Å². The predicted molar refractivity (Wildman–Crippen MR) is 72.5 cm³/mol. The Labute approximate surface area is 121 Å². The molecule has 0 unspecified atom stereocenters. The van der Waals surface area contributed by atoms with Crippen LogP contribution in [0.2, 0.25) is 5.02 Å². The molecule has 1 saturated carbocycles. The molecular formula is C14H15ClFNO3. The largest absolute Gasteiger partial charge is 0.481 e. The van der Waals surface area contributed by atoms with Crippen molar-refractivity contribution < 1.29 is 19.1 Å². The van der Waals surface area contributed by atoms with E-state index in [1.54, 1.807) is 6.92 Å². The highest BCUT2D eigenvalue weighted by atomic mass is 35.5. The average Bonchev–Trinajstić information content (AvgIpc) is 3.18. The second kappa shape index (κ2) is 5.79. The number of aliphatic carboxylic acids is 1. The number of carboxylic acid groups (broad SMARTS) is 1. The van der Waals surface area contributed by atoms with Crippen LogP contribution in [0.25, 0.3) is 0 Å². The van der Waals surface area contributed by atoms with Crippen molar-refractivity contribution in [2.45, 2.75) is 32.2 Å². The maximum atomic E-state index is 13.4. The number of carbonyl (C=O) groups excluding carboxylic acids is 1. The number of nitrogens with zero attached hydrogens (tertiary/aromatic N) is 1. The molecule has 2 rings (SSSR count). The monoisotopic (exact) mass is 299 g/mol. The van der Waals surface area contributed by atoms with Gasteiger partial charge in [0.15, 0.2) is 0 Å². The van der Waals surface area contributed by atoms with Crippen LogP contribution < -0.4 is 0 Å². The third-order valence-corrected chi connectivity index (χ3v) is 3.61. The Bertz CT molecular complexity index is 558. The number of benzene rings is 1. The highest BCUT2D eigenvalue weighted by Gasteiger charge is 2.34. The first-order valence-electron chi connectivity index (χ1n) is 6.38. The average molecular weight is 300 g/mol. The molecule has 1 aromatic carbocycles. The number of hydrogen-bond acceptors (Lipinski definition) is 2. The van der Waals surface area contributed by atoms with Gasteiger partial charge < -0.3 is 10.0 Å². The molecule has 108 valence electrons. The van der Waals surface area contributed by atoms with Crippen molar-refractivity contribution in [2.75, 3.05) is 6.54 Å². The molecule has 1 amide bonds. The van der Waals surface area contributed by atoms with Crippen molar-refractivity contribution in [1.82, 2.24) is 4.90 Å². The van der Waals surface area contributed by atoms with Crippen molar-refractivity contribution in [3.63, 3.8) is 0 Å². The van der Waals surface area contributed by atoms with Crippen LogP contribution in [-0.4, -0.2) is 34.5 Å². The molecule has 0 aliphatic heterocycles. The molecule has 1 aromatic rings. The lowest BCUT2D eigenvalue weighted by Crippen LogP contribution is -2.35. The first-order chi connectivity index (χ1) is 9.40. The first kappa shape index (κ1) is 14.8. The standard InChI is InChI=1S/C14H15ClFNO3/c1-8-6-10(11(15)7-12(8)16)14(20)17(9-2-3-9)5-4-13(18)19/h6-7,9H,2-5H2,1H3,(H,18,19). The van der Waals surface area contributed by atoms with E-state index in [9.17, 15) is 14.0 Å². The molecule has 0 radical (unpaired) electrons. The lowest BCUT2D eigenvalue weighted by Gasteiger charge is -2.22. The molecule has 6 heteroatoms.